The predicted octanol–water partition coefficient (Wildman–Crippen LogP) is 2.39. The molecule has 0 bridgehead atoms. The molecular formula is C16H29NO3. The van der Waals surface area contributed by atoms with E-state index in [1.54, 1.807) is 0 Å². The van der Waals surface area contributed by atoms with Crippen LogP contribution in [0.5, 0.6) is 0 Å². The van der Waals surface area contributed by atoms with Gasteiger partial charge in [0, 0.05) is 19.6 Å². The maximum atomic E-state index is 11.9. The number of carbonyl (C=O) groups is 1. The smallest absolute Gasteiger partial charge is 0.220 e. The Bertz CT molecular complexity index is 305. The third-order valence-corrected chi connectivity index (χ3v) is 4.72. The Morgan fingerprint density at radius 2 is 1.90 bits per heavy atom. The SMILES string of the molecule is CCOC1CC(CC(=O)NCC2(O)CCCCCC2)C1. The van der Waals surface area contributed by atoms with Crippen molar-refractivity contribution in [3.05, 3.63) is 0 Å². The van der Waals surface area contributed by atoms with Crippen LogP contribution in [0.4, 0.5) is 0 Å². The molecule has 2 fully saturated rings. The van der Waals surface area contributed by atoms with Gasteiger partial charge in [0.25, 0.3) is 0 Å². The molecule has 0 aromatic carbocycles. The number of aliphatic hydroxyl groups is 1. The lowest BCUT2D eigenvalue weighted by atomic mass is 9.80. The van der Waals surface area contributed by atoms with E-state index in [1.165, 1.54) is 12.8 Å². The third kappa shape index (κ3) is 4.74. The van der Waals surface area contributed by atoms with Crippen LogP contribution in [0.15, 0.2) is 0 Å². The fraction of sp³-hybridized carbons (Fsp3) is 0.938. The first kappa shape index (κ1) is 15.8. The molecule has 2 N–H and O–H groups in total. The number of rotatable bonds is 6. The zero-order valence-corrected chi connectivity index (χ0v) is 12.7. The molecule has 0 aliphatic heterocycles. The molecular weight excluding hydrogens is 254 g/mol. The molecule has 0 spiro atoms. The Morgan fingerprint density at radius 1 is 1.25 bits per heavy atom. The second-order valence-corrected chi connectivity index (χ2v) is 6.53. The molecule has 0 saturated heterocycles. The van der Waals surface area contributed by atoms with Crippen LogP contribution < -0.4 is 5.32 Å². The topological polar surface area (TPSA) is 58.6 Å². The molecule has 1 amide bonds. The van der Waals surface area contributed by atoms with Gasteiger partial charge in [0.15, 0.2) is 0 Å². The molecule has 0 aromatic heterocycles. The molecule has 2 saturated carbocycles. The minimum absolute atomic E-state index is 0.0858. The van der Waals surface area contributed by atoms with Crippen molar-refractivity contribution in [1.29, 1.82) is 0 Å². The summed E-state index contributed by atoms with van der Waals surface area (Å²) in [5.74, 6) is 0.554. The van der Waals surface area contributed by atoms with Gasteiger partial charge in [-0.3, -0.25) is 4.79 Å². The predicted molar refractivity (Wildman–Crippen MR) is 78.4 cm³/mol. The summed E-state index contributed by atoms with van der Waals surface area (Å²) in [6, 6.07) is 0. The number of hydrogen-bond acceptors (Lipinski definition) is 3. The first-order valence-electron chi connectivity index (χ1n) is 8.22. The van der Waals surface area contributed by atoms with Crippen molar-refractivity contribution >= 4 is 5.91 Å². The normalized spacial score (nSPS) is 29.3. The summed E-state index contributed by atoms with van der Waals surface area (Å²) in [5, 5.41) is 13.4. The van der Waals surface area contributed by atoms with E-state index in [-0.39, 0.29) is 5.91 Å². The molecule has 20 heavy (non-hydrogen) atoms. The Balaban J connectivity index is 1.62. The highest BCUT2D eigenvalue weighted by molar-refractivity contribution is 5.76. The molecule has 0 atom stereocenters. The van der Waals surface area contributed by atoms with Crippen molar-refractivity contribution in [2.75, 3.05) is 13.2 Å². The lowest BCUT2D eigenvalue weighted by molar-refractivity contribution is -0.125. The number of ether oxygens (including phenoxy) is 1. The Hall–Kier alpha value is -0.610. The van der Waals surface area contributed by atoms with E-state index in [1.807, 2.05) is 6.92 Å². The Morgan fingerprint density at radius 3 is 2.50 bits per heavy atom. The number of amides is 1. The van der Waals surface area contributed by atoms with Gasteiger partial charge in [0.2, 0.25) is 5.91 Å². The highest BCUT2D eigenvalue weighted by Gasteiger charge is 2.32. The Kier molecular flexibility index (Phi) is 5.85. The van der Waals surface area contributed by atoms with Crippen LogP contribution in [-0.4, -0.2) is 35.9 Å². The van der Waals surface area contributed by atoms with Gasteiger partial charge in [-0.15, -0.1) is 0 Å². The molecule has 4 heteroatoms. The van der Waals surface area contributed by atoms with Gasteiger partial charge in [0.1, 0.15) is 0 Å². The molecule has 2 aliphatic rings. The minimum atomic E-state index is -0.667. The average molecular weight is 283 g/mol. The average Bonchev–Trinajstić information content (AvgIpc) is 2.60. The summed E-state index contributed by atoms with van der Waals surface area (Å²) in [6.45, 7) is 3.19. The lowest BCUT2D eigenvalue weighted by Crippen LogP contribution is -2.44. The lowest BCUT2D eigenvalue weighted by Gasteiger charge is -2.35. The molecule has 0 unspecified atom stereocenters. The number of nitrogens with one attached hydrogen (secondary N) is 1. The van der Waals surface area contributed by atoms with Crippen LogP contribution in [0.2, 0.25) is 0 Å². The zero-order chi connectivity index (χ0) is 14.4. The van der Waals surface area contributed by atoms with Crippen molar-refractivity contribution in [3.63, 3.8) is 0 Å². The first-order chi connectivity index (χ1) is 9.61. The summed E-state index contributed by atoms with van der Waals surface area (Å²) in [4.78, 5) is 11.9. The molecule has 4 nitrogen and oxygen atoms in total. The zero-order valence-electron chi connectivity index (χ0n) is 12.7. The summed E-state index contributed by atoms with van der Waals surface area (Å²) in [7, 11) is 0. The van der Waals surface area contributed by atoms with Crippen molar-refractivity contribution < 1.29 is 14.6 Å². The van der Waals surface area contributed by atoms with Crippen LogP contribution >= 0.6 is 0 Å². The van der Waals surface area contributed by atoms with Gasteiger partial charge < -0.3 is 15.2 Å². The molecule has 2 aliphatic carbocycles. The van der Waals surface area contributed by atoms with Gasteiger partial charge in [-0.05, 0) is 38.5 Å². The highest BCUT2D eigenvalue weighted by atomic mass is 16.5. The summed E-state index contributed by atoms with van der Waals surface area (Å²) < 4.78 is 5.50. The van der Waals surface area contributed by atoms with Crippen LogP contribution in [0, 0.1) is 5.92 Å². The maximum absolute atomic E-state index is 11.9. The van der Waals surface area contributed by atoms with E-state index >= 15 is 0 Å². The Labute approximate surface area is 122 Å². The highest BCUT2D eigenvalue weighted by Crippen LogP contribution is 2.32. The van der Waals surface area contributed by atoms with Crippen LogP contribution in [-0.2, 0) is 9.53 Å². The van der Waals surface area contributed by atoms with E-state index in [9.17, 15) is 9.90 Å². The molecule has 0 radical (unpaired) electrons. The van der Waals surface area contributed by atoms with Crippen LogP contribution in [0.1, 0.15) is 64.7 Å². The largest absolute Gasteiger partial charge is 0.388 e. The van der Waals surface area contributed by atoms with Crippen molar-refractivity contribution in [2.45, 2.75) is 76.4 Å². The fourth-order valence-corrected chi connectivity index (χ4v) is 3.37. The minimum Gasteiger partial charge on any atom is -0.388 e. The molecule has 116 valence electrons. The fourth-order valence-electron chi connectivity index (χ4n) is 3.37. The summed E-state index contributed by atoms with van der Waals surface area (Å²) in [6.07, 6.45) is 9.16. The third-order valence-electron chi connectivity index (χ3n) is 4.72. The first-order valence-corrected chi connectivity index (χ1v) is 8.22. The monoisotopic (exact) mass is 283 g/mol. The number of carbonyl (C=O) groups excluding carboxylic acids is 1. The van der Waals surface area contributed by atoms with Crippen molar-refractivity contribution in [2.24, 2.45) is 5.92 Å². The molecule has 2 rings (SSSR count). The molecule has 0 aromatic rings. The van der Waals surface area contributed by atoms with E-state index in [0.29, 0.717) is 25.0 Å². The van der Waals surface area contributed by atoms with Gasteiger partial charge in [-0.1, -0.05) is 25.7 Å². The second kappa shape index (κ2) is 7.41. The maximum Gasteiger partial charge on any atom is 0.220 e. The summed E-state index contributed by atoms with van der Waals surface area (Å²) >= 11 is 0. The van der Waals surface area contributed by atoms with Crippen LogP contribution in [0.25, 0.3) is 0 Å². The van der Waals surface area contributed by atoms with E-state index in [4.69, 9.17) is 4.74 Å². The standard InChI is InChI=1S/C16H29NO3/c1-2-20-14-9-13(10-14)11-15(18)17-12-16(19)7-5-3-4-6-8-16/h13-14,19H,2-12H2,1H3,(H,17,18). The number of hydrogen-bond donors (Lipinski definition) is 2. The summed E-state index contributed by atoms with van der Waals surface area (Å²) in [5.41, 5.74) is -0.667. The van der Waals surface area contributed by atoms with E-state index in [0.717, 1.165) is 45.1 Å². The quantitative estimate of drug-likeness (QED) is 0.736. The van der Waals surface area contributed by atoms with Crippen LogP contribution in [0.3, 0.4) is 0 Å². The van der Waals surface area contributed by atoms with Crippen molar-refractivity contribution in [3.8, 4) is 0 Å². The molecule has 0 heterocycles. The van der Waals surface area contributed by atoms with E-state index in [2.05, 4.69) is 5.32 Å². The van der Waals surface area contributed by atoms with E-state index < -0.39 is 5.60 Å². The van der Waals surface area contributed by atoms with Crippen molar-refractivity contribution in [1.82, 2.24) is 5.32 Å². The van der Waals surface area contributed by atoms with Gasteiger partial charge in [-0.2, -0.15) is 0 Å². The van der Waals surface area contributed by atoms with Gasteiger partial charge in [0.05, 0.1) is 11.7 Å². The van der Waals surface area contributed by atoms with Gasteiger partial charge >= 0.3 is 0 Å². The van der Waals surface area contributed by atoms with Gasteiger partial charge in [-0.25, -0.2) is 0 Å². The second-order valence-electron chi connectivity index (χ2n) is 6.53.